The minimum Gasteiger partial charge on any atom is -0.462 e. The maximum Gasteiger partial charge on any atom is 0.472 e. The fourth-order valence-electron chi connectivity index (χ4n) is 8.71. The molecule has 450 valence electrons. The fraction of sp³-hybridized carbons (Fsp3) is 0.735. The molecule has 78 heavy (non-hydrogen) atoms. The van der Waals surface area contributed by atoms with E-state index in [9.17, 15) is 19.0 Å². The van der Waals surface area contributed by atoms with Gasteiger partial charge in [-0.1, -0.05) is 265 Å². The van der Waals surface area contributed by atoms with Gasteiger partial charge < -0.3 is 18.9 Å². The molecular formula is C68H121NO8P+. The number of nitrogens with zero attached hydrogens (tertiary/aromatic N) is 1. The van der Waals surface area contributed by atoms with Crippen molar-refractivity contribution in [1.29, 1.82) is 0 Å². The second-order valence-corrected chi connectivity index (χ2v) is 23.9. The first kappa shape index (κ1) is 74.9. The van der Waals surface area contributed by atoms with Crippen molar-refractivity contribution in [2.75, 3.05) is 47.5 Å². The predicted octanol–water partition coefficient (Wildman–Crippen LogP) is 20.4. The molecule has 0 amide bonds. The molecule has 0 heterocycles. The minimum atomic E-state index is -4.39. The number of esters is 2. The van der Waals surface area contributed by atoms with Gasteiger partial charge >= 0.3 is 19.8 Å². The van der Waals surface area contributed by atoms with Crippen LogP contribution < -0.4 is 0 Å². The van der Waals surface area contributed by atoms with Gasteiger partial charge in [0.05, 0.1) is 27.7 Å². The Morgan fingerprint density at radius 1 is 0.410 bits per heavy atom. The summed E-state index contributed by atoms with van der Waals surface area (Å²) in [5.74, 6) is -0.809. The van der Waals surface area contributed by atoms with Gasteiger partial charge in [0.2, 0.25) is 0 Å². The number of phosphoric acid groups is 1. The quantitative estimate of drug-likeness (QED) is 0.0211. The summed E-state index contributed by atoms with van der Waals surface area (Å²) in [6.45, 7) is 4.25. The number of rotatable bonds is 58. The summed E-state index contributed by atoms with van der Waals surface area (Å²) in [6.07, 6.45) is 80.9. The smallest absolute Gasteiger partial charge is 0.462 e. The van der Waals surface area contributed by atoms with Crippen LogP contribution in [-0.2, 0) is 32.7 Å². The monoisotopic (exact) mass is 1110 g/mol. The van der Waals surface area contributed by atoms with Gasteiger partial charge in [-0.3, -0.25) is 18.6 Å². The fourth-order valence-corrected chi connectivity index (χ4v) is 9.45. The van der Waals surface area contributed by atoms with Crippen LogP contribution >= 0.6 is 7.82 Å². The van der Waals surface area contributed by atoms with Crippen LogP contribution in [0.5, 0.6) is 0 Å². The van der Waals surface area contributed by atoms with E-state index in [1.54, 1.807) is 0 Å². The van der Waals surface area contributed by atoms with Gasteiger partial charge in [0.1, 0.15) is 19.8 Å². The van der Waals surface area contributed by atoms with Gasteiger partial charge in [-0.05, 0) is 89.9 Å². The average molecular weight is 1110 g/mol. The lowest BCUT2D eigenvalue weighted by molar-refractivity contribution is -0.870. The van der Waals surface area contributed by atoms with Gasteiger partial charge in [0.15, 0.2) is 6.10 Å². The zero-order chi connectivity index (χ0) is 57.0. The number of quaternary nitrogens is 1. The minimum absolute atomic E-state index is 0.0279. The molecule has 0 bridgehead atoms. The molecule has 0 aromatic carbocycles. The van der Waals surface area contributed by atoms with Crippen LogP contribution in [0.15, 0.2) is 97.2 Å². The maximum atomic E-state index is 12.8. The van der Waals surface area contributed by atoms with Crippen molar-refractivity contribution in [2.24, 2.45) is 0 Å². The molecule has 0 saturated heterocycles. The molecule has 0 spiro atoms. The first-order valence-corrected chi connectivity index (χ1v) is 33.5. The Morgan fingerprint density at radius 2 is 0.731 bits per heavy atom. The highest BCUT2D eigenvalue weighted by Crippen LogP contribution is 2.43. The van der Waals surface area contributed by atoms with E-state index in [1.165, 1.54) is 135 Å². The standard InChI is InChI=1S/C68H120NO8P/c1-6-8-10-12-14-16-18-20-21-22-23-24-25-26-27-28-29-30-31-32-33-34-35-36-37-38-39-40-41-42-43-44-45-46-47-49-51-53-55-57-59-61-68(71)77-66(65-76-78(72,73)75-63-62-69(3,4)5)64-74-67(70)60-58-56-54-52-50-48-19-17-15-13-11-9-7-2/h8,10-11,13-14,16-17,19-21,23-24,26-27,29-30,66H,6-7,9,12,15,18,22,25,28,31-65H2,1-5H3/p+1/b10-8-,13-11-,16-14-,19-17-,21-20-,24-23-,27-26-,30-29-. The number of hydrogen-bond donors (Lipinski definition) is 1. The van der Waals surface area contributed by atoms with Gasteiger partial charge in [0.25, 0.3) is 0 Å². The molecule has 9 nitrogen and oxygen atoms in total. The number of likely N-dealkylation sites (N-methyl/N-ethyl adjacent to an activating group) is 1. The SMILES string of the molecule is CC/C=C\C/C=C\C/C=C\C/C=C\C/C=C\C/C=C\CCCCCCCCCCCCCCCCCCCCCCCCC(=O)OC(COC(=O)CCCCCCC/C=C\C/C=C\CCC)COP(=O)(O)OCC[N+](C)(C)C. The van der Waals surface area contributed by atoms with E-state index in [0.29, 0.717) is 17.4 Å². The highest BCUT2D eigenvalue weighted by Gasteiger charge is 2.27. The van der Waals surface area contributed by atoms with Crippen molar-refractivity contribution in [3.8, 4) is 0 Å². The molecule has 0 aliphatic rings. The molecule has 0 rings (SSSR count). The van der Waals surface area contributed by atoms with Gasteiger partial charge in [-0.25, -0.2) is 4.57 Å². The van der Waals surface area contributed by atoms with Gasteiger partial charge in [-0.2, -0.15) is 0 Å². The molecule has 0 aliphatic carbocycles. The van der Waals surface area contributed by atoms with Crippen molar-refractivity contribution < 1.29 is 42.1 Å². The van der Waals surface area contributed by atoms with Crippen molar-refractivity contribution in [2.45, 2.75) is 277 Å². The zero-order valence-electron chi connectivity index (χ0n) is 51.1. The number of unbranched alkanes of at least 4 members (excludes halogenated alkanes) is 28. The zero-order valence-corrected chi connectivity index (χ0v) is 52.0. The third-order valence-electron chi connectivity index (χ3n) is 13.6. The number of carbonyl (C=O) groups is 2. The van der Waals surface area contributed by atoms with E-state index in [2.05, 4.69) is 111 Å². The number of allylic oxidation sites excluding steroid dienone is 16. The molecule has 0 aromatic heterocycles. The number of ether oxygens (including phenoxy) is 2. The third kappa shape index (κ3) is 62.1. The first-order valence-electron chi connectivity index (χ1n) is 32.0. The maximum absolute atomic E-state index is 12.8. The summed E-state index contributed by atoms with van der Waals surface area (Å²) in [7, 11) is 1.47. The molecule has 2 atom stereocenters. The molecular weight excluding hydrogens is 990 g/mol. The van der Waals surface area contributed by atoms with E-state index >= 15 is 0 Å². The molecule has 2 unspecified atom stereocenters. The van der Waals surface area contributed by atoms with E-state index in [0.717, 1.165) is 103 Å². The summed E-state index contributed by atoms with van der Waals surface area (Å²) >= 11 is 0. The van der Waals surface area contributed by atoms with Gasteiger partial charge in [-0.15, -0.1) is 0 Å². The number of phosphoric ester groups is 1. The lowest BCUT2D eigenvalue weighted by atomic mass is 10.0. The lowest BCUT2D eigenvalue weighted by Gasteiger charge is -2.24. The molecule has 0 fully saturated rings. The Balaban J connectivity index is 3.90. The first-order chi connectivity index (χ1) is 38.0. The normalized spacial score (nSPS) is 13.9. The molecule has 1 N–H and O–H groups in total. The van der Waals surface area contributed by atoms with Crippen LogP contribution in [0.3, 0.4) is 0 Å². The van der Waals surface area contributed by atoms with Crippen LogP contribution in [0.4, 0.5) is 0 Å². The molecule has 0 aliphatic heterocycles. The summed E-state index contributed by atoms with van der Waals surface area (Å²) < 4.78 is 34.5. The van der Waals surface area contributed by atoms with Crippen LogP contribution in [0.25, 0.3) is 0 Å². The highest BCUT2D eigenvalue weighted by atomic mass is 31.2. The van der Waals surface area contributed by atoms with Crippen LogP contribution in [0, 0.1) is 0 Å². The van der Waals surface area contributed by atoms with Gasteiger partial charge in [0, 0.05) is 12.8 Å². The van der Waals surface area contributed by atoms with Crippen molar-refractivity contribution >= 4 is 19.8 Å². The van der Waals surface area contributed by atoms with Crippen molar-refractivity contribution in [3.05, 3.63) is 97.2 Å². The second kappa shape index (κ2) is 58.6. The van der Waals surface area contributed by atoms with Crippen LogP contribution in [-0.4, -0.2) is 74.9 Å². The number of hydrogen-bond acceptors (Lipinski definition) is 7. The molecule has 0 radical (unpaired) electrons. The topological polar surface area (TPSA) is 108 Å². The Hall–Kier alpha value is -3.07. The number of carbonyl (C=O) groups excluding carboxylic acids is 2. The molecule has 10 heteroatoms. The Morgan fingerprint density at radius 3 is 1.09 bits per heavy atom. The average Bonchev–Trinajstić information content (AvgIpc) is 3.40. The summed E-state index contributed by atoms with van der Waals surface area (Å²) in [5.41, 5.74) is 0. The molecule has 0 saturated carbocycles. The Bertz CT molecular complexity index is 1640. The largest absolute Gasteiger partial charge is 0.472 e. The van der Waals surface area contributed by atoms with Crippen LogP contribution in [0.1, 0.15) is 271 Å². The summed E-state index contributed by atoms with van der Waals surface area (Å²) in [5, 5.41) is 0. The Kier molecular flexibility index (Phi) is 56.3. The predicted molar refractivity (Wildman–Crippen MR) is 335 cm³/mol. The van der Waals surface area contributed by atoms with Crippen molar-refractivity contribution in [1.82, 2.24) is 0 Å². The van der Waals surface area contributed by atoms with Crippen molar-refractivity contribution in [3.63, 3.8) is 0 Å². The summed E-state index contributed by atoms with van der Waals surface area (Å²) in [4.78, 5) is 35.6. The van der Waals surface area contributed by atoms with E-state index in [-0.39, 0.29) is 32.0 Å². The summed E-state index contributed by atoms with van der Waals surface area (Å²) in [6, 6.07) is 0. The van der Waals surface area contributed by atoms with E-state index < -0.39 is 26.5 Å². The molecule has 0 aromatic rings. The Labute approximate surface area is 481 Å². The van der Waals surface area contributed by atoms with E-state index in [4.69, 9.17) is 18.5 Å². The van der Waals surface area contributed by atoms with E-state index in [1.807, 2.05) is 21.1 Å². The van der Waals surface area contributed by atoms with Crippen LogP contribution in [0.2, 0.25) is 0 Å². The lowest BCUT2D eigenvalue weighted by Crippen LogP contribution is -2.37. The third-order valence-corrected chi connectivity index (χ3v) is 14.6. The second-order valence-electron chi connectivity index (χ2n) is 22.4. The highest BCUT2D eigenvalue weighted by molar-refractivity contribution is 7.47.